The summed E-state index contributed by atoms with van der Waals surface area (Å²) in [5.41, 5.74) is 3.79. The fourth-order valence-corrected chi connectivity index (χ4v) is 4.26. The standard InChI is InChI=1S/C19H15ClN6O2S/c1-9-23-16-15(10-2-3-10)14(7-21-18(16)29-9)25-19(27)24-11-4-5-12(13(20)6-11)17-26-22-8-28-17/h4-8,10H,2-3H2,1H3,(H2,24,25,27). The molecular formula is C19H15ClN6O2S. The Kier molecular flexibility index (Phi) is 4.40. The predicted molar refractivity (Wildman–Crippen MR) is 112 cm³/mol. The van der Waals surface area contributed by atoms with Crippen molar-refractivity contribution in [3.8, 4) is 11.5 Å². The van der Waals surface area contributed by atoms with E-state index in [-0.39, 0.29) is 6.03 Å². The molecule has 2 N–H and O–H groups in total. The van der Waals surface area contributed by atoms with Crippen LogP contribution >= 0.6 is 22.9 Å². The van der Waals surface area contributed by atoms with Gasteiger partial charge in [-0.15, -0.1) is 10.2 Å². The first kappa shape index (κ1) is 18.0. The third-order valence-electron chi connectivity index (χ3n) is 4.62. The molecule has 1 aromatic carbocycles. The van der Waals surface area contributed by atoms with E-state index in [1.165, 1.54) is 6.39 Å². The first-order valence-electron chi connectivity index (χ1n) is 8.98. The Bertz CT molecular complexity index is 1220. The number of halogens is 1. The van der Waals surface area contributed by atoms with E-state index >= 15 is 0 Å². The molecule has 10 heteroatoms. The molecule has 29 heavy (non-hydrogen) atoms. The summed E-state index contributed by atoms with van der Waals surface area (Å²) >= 11 is 7.85. The summed E-state index contributed by atoms with van der Waals surface area (Å²) in [6.07, 6.45) is 5.13. The molecule has 0 radical (unpaired) electrons. The Morgan fingerprint density at radius 1 is 1.31 bits per heavy atom. The van der Waals surface area contributed by atoms with Crippen molar-refractivity contribution in [1.82, 2.24) is 20.2 Å². The van der Waals surface area contributed by atoms with Gasteiger partial charge in [0.25, 0.3) is 0 Å². The van der Waals surface area contributed by atoms with Crippen LogP contribution in [0.4, 0.5) is 16.2 Å². The van der Waals surface area contributed by atoms with Crippen molar-refractivity contribution in [2.45, 2.75) is 25.7 Å². The van der Waals surface area contributed by atoms with Crippen LogP contribution in [0.3, 0.4) is 0 Å². The number of thiazole rings is 1. The Hall–Kier alpha value is -3.04. The van der Waals surface area contributed by atoms with Crippen LogP contribution < -0.4 is 10.6 Å². The summed E-state index contributed by atoms with van der Waals surface area (Å²) in [5.74, 6) is 0.735. The summed E-state index contributed by atoms with van der Waals surface area (Å²) in [7, 11) is 0. The molecule has 1 saturated carbocycles. The second-order valence-corrected chi connectivity index (χ2v) is 8.35. The summed E-state index contributed by atoms with van der Waals surface area (Å²) in [5, 5.41) is 14.6. The molecule has 4 aromatic rings. The molecule has 3 heterocycles. The highest BCUT2D eigenvalue weighted by Gasteiger charge is 2.30. The Labute approximate surface area is 174 Å². The van der Waals surface area contributed by atoms with Crippen molar-refractivity contribution in [3.05, 3.63) is 46.4 Å². The Morgan fingerprint density at radius 2 is 2.17 bits per heavy atom. The fraction of sp³-hybridized carbons (Fsp3) is 0.211. The lowest BCUT2D eigenvalue weighted by atomic mass is 10.1. The van der Waals surface area contributed by atoms with E-state index in [9.17, 15) is 4.79 Å². The van der Waals surface area contributed by atoms with Crippen molar-refractivity contribution in [1.29, 1.82) is 0 Å². The number of carbonyl (C=O) groups excluding carboxylic acids is 1. The normalized spacial score (nSPS) is 13.6. The van der Waals surface area contributed by atoms with Gasteiger partial charge in [-0.1, -0.05) is 22.9 Å². The van der Waals surface area contributed by atoms with E-state index in [2.05, 4.69) is 30.8 Å². The predicted octanol–water partition coefficient (Wildman–Crippen LogP) is 5.22. The SMILES string of the molecule is Cc1nc2c(C3CC3)c(NC(=O)Nc3ccc(-c4nnco4)c(Cl)c3)cnc2s1. The molecule has 3 aromatic heterocycles. The number of fused-ring (bicyclic) bond motifs is 1. The number of hydrogen-bond acceptors (Lipinski definition) is 7. The van der Waals surface area contributed by atoms with Gasteiger partial charge in [0.1, 0.15) is 10.3 Å². The lowest BCUT2D eigenvalue weighted by Gasteiger charge is -2.12. The average Bonchev–Trinajstić information content (AvgIpc) is 3.21. The molecule has 0 unspecified atom stereocenters. The first-order valence-corrected chi connectivity index (χ1v) is 10.2. The van der Waals surface area contributed by atoms with Crippen molar-refractivity contribution in [2.75, 3.05) is 10.6 Å². The zero-order valence-corrected chi connectivity index (χ0v) is 16.8. The van der Waals surface area contributed by atoms with Gasteiger partial charge in [0.05, 0.1) is 27.5 Å². The van der Waals surface area contributed by atoms with Crippen LogP contribution in [0, 0.1) is 6.92 Å². The van der Waals surface area contributed by atoms with Crippen LogP contribution in [-0.2, 0) is 0 Å². The molecule has 5 rings (SSSR count). The molecule has 0 saturated heterocycles. The first-order chi connectivity index (χ1) is 14.1. The van der Waals surface area contributed by atoms with E-state index in [1.54, 1.807) is 35.7 Å². The van der Waals surface area contributed by atoms with Gasteiger partial charge in [0.2, 0.25) is 12.3 Å². The van der Waals surface area contributed by atoms with E-state index in [0.29, 0.717) is 33.8 Å². The second kappa shape index (κ2) is 7.09. The highest BCUT2D eigenvalue weighted by Crippen LogP contribution is 2.46. The van der Waals surface area contributed by atoms with Gasteiger partial charge in [-0.2, -0.15) is 0 Å². The average molecular weight is 427 g/mol. The highest BCUT2D eigenvalue weighted by molar-refractivity contribution is 7.18. The highest BCUT2D eigenvalue weighted by atomic mass is 35.5. The topological polar surface area (TPSA) is 106 Å². The monoisotopic (exact) mass is 426 g/mol. The minimum atomic E-state index is -0.374. The van der Waals surface area contributed by atoms with Crippen LogP contribution in [0.15, 0.2) is 35.2 Å². The molecule has 0 atom stereocenters. The Morgan fingerprint density at radius 3 is 2.90 bits per heavy atom. The third-order valence-corrected chi connectivity index (χ3v) is 5.82. The molecule has 1 aliphatic rings. The molecule has 8 nitrogen and oxygen atoms in total. The van der Waals surface area contributed by atoms with E-state index in [4.69, 9.17) is 16.0 Å². The fourth-order valence-electron chi connectivity index (χ4n) is 3.23. The number of rotatable bonds is 4. The molecule has 2 amide bonds. The van der Waals surface area contributed by atoms with Crippen LogP contribution in [-0.4, -0.2) is 26.2 Å². The van der Waals surface area contributed by atoms with Crippen molar-refractivity contribution in [2.24, 2.45) is 0 Å². The number of nitrogens with one attached hydrogen (secondary N) is 2. The molecule has 0 aliphatic heterocycles. The number of pyridine rings is 1. The summed E-state index contributed by atoms with van der Waals surface area (Å²) in [6.45, 7) is 1.96. The van der Waals surface area contributed by atoms with Gasteiger partial charge in [0, 0.05) is 11.3 Å². The van der Waals surface area contributed by atoms with E-state index in [1.807, 2.05) is 6.92 Å². The number of aryl methyl sites for hydroxylation is 1. The number of benzene rings is 1. The maximum Gasteiger partial charge on any atom is 0.323 e. The molecular weight excluding hydrogens is 412 g/mol. The number of aromatic nitrogens is 4. The van der Waals surface area contributed by atoms with Crippen LogP contribution in [0.25, 0.3) is 21.8 Å². The van der Waals surface area contributed by atoms with Crippen molar-refractivity contribution >= 4 is 50.7 Å². The maximum absolute atomic E-state index is 12.6. The number of urea groups is 1. The van der Waals surface area contributed by atoms with Gasteiger partial charge in [0.15, 0.2) is 0 Å². The van der Waals surface area contributed by atoms with Crippen LogP contribution in [0.1, 0.15) is 29.3 Å². The summed E-state index contributed by atoms with van der Waals surface area (Å²) in [4.78, 5) is 22.6. The number of anilines is 2. The molecule has 146 valence electrons. The summed E-state index contributed by atoms with van der Waals surface area (Å²) in [6, 6.07) is 4.69. The van der Waals surface area contributed by atoms with Crippen LogP contribution in [0.5, 0.6) is 0 Å². The minimum absolute atomic E-state index is 0.318. The quantitative estimate of drug-likeness (QED) is 0.463. The number of amides is 2. The maximum atomic E-state index is 12.6. The Balaban J connectivity index is 1.37. The molecule has 1 aliphatic carbocycles. The van der Waals surface area contributed by atoms with Gasteiger partial charge in [-0.05, 0) is 43.9 Å². The van der Waals surface area contributed by atoms with Gasteiger partial charge in [-0.25, -0.2) is 14.8 Å². The van der Waals surface area contributed by atoms with Gasteiger partial charge < -0.3 is 15.1 Å². The van der Waals surface area contributed by atoms with E-state index in [0.717, 1.165) is 33.8 Å². The lowest BCUT2D eigenvalue weighted by molar-refractivity contribution is 0.262. The molecule has 0 spiro atoms. The third kappa shape index (κ3) is 3.54. The smallest absolute Gasteiger partial charge is 0.323 e. The zero-order chi connectivity index (χ0) is 20.0. The number of hydrogen-bond donors (Lipinski definition) is 2. The van der Waals surface area contributed by atoms with Crippen molar-refractivity contribution < 1.29 is 9.21 Å². The van der Waals surface area contributed by atoms with Crippen LogP contribution in [0.2, 0.25) is 5.02 Å². The van der Waals surface area contributed by atoms with E-state index < -0.39 is 0 Å². The van der Waals surface area contributed by atoms with Crippen molar-refractivity contribution in [3.63, 3.8) is 0 Å². The molecule has 1 fully saturated rings. The minimum Gasteiger partial charge on any atom is -0.423 e. The lowest BCUT2D eigenvalue weighted by Crippen LogP contribution is -2.20. The zero-order valence-electron chi connectivity index (χ0n) is 15.3. The largest absolute Gasteiger partial charge is 0.423 e. The second-order valence-electron chi connectivity index (χ2n) is 6.76. The number of carbonyl (C=O) groups is 1. The summed E-state index contributed by atoms with van der Waals surface area (Å²) < 4.78 is 5.16. The van der Waals surface area contributed by atoms with Gasteiger partial charge in [-0.3, -0.25) is 0 Å². The molecule has 0 bridgehead atoms. The number of nitrogens with zero attached hydrogens (tertiary/aromatic N) is 4. The van der Waals surface area contributed by atoms with Gasteiger partial charge >= 0.3 is 6.03 Å².